The molecule has 1 atom stereocenters. The Hall–Kier alpha value is -2.11. The van der Waals surface area contributed by atoms with Crippen LogP contribution in [0.3, 0.4) is 0 Å². The average Bonchev–Trinajstić information content (AvgIpc) is 3.16. The smallest absolute Gasteiger partial charge is 0.257 e. The molecule has 1 unspecified atom stereocenters. The van der Waals surface area contributed by atoms with Crippen LogP contribution in [0.5, 0.6) is 0 Å². The number of likely N-dealkylation sites (tertiary alicyclic amines) is 1. The number of rotatable bonds is 5. The number of hydrogen-bond acceptors (Lipinski definition) is 3. The first-order valence-electron chi connectivity index (χ1n) is 8.91. The number of carbonyl (C=O) groups is 1. The van der Waals surface area contributed by atoms with Crippen LogP contribution in [0, 0.1) is 19.8 Å². The molecule has 3 heterocycles. The fourth-order valence-electron chi connectivity index (χ4n) is 3.72. The van der Waals surface area contributed by atoms with Crippen molar-refractivity contribution in [3.63, 3.8) is 0 Å². The van der Waals surface area contributed by atoms with Gasteiger partial charge in [0.2, 0.25) is 0 Å². The van der Waals surface area contributed by atoms with Gasteiger partial charge in [-0.2, -0.15) is 10.2 Å². The standard InChI is InChI=1S/C18H27N5O/c1-4-9-23-14(3)17(13(2)21-23)18(24)22-10-5-6-15(12-22)11-16-7-8-19-20-16/h7-8,15H,4-6,9-12H2,1-3H3,(H,19,20). The van der Waals surface area contributed by atoms with Crippen molar-refractivity contribution in [2.24, 2.45) is 5.92 Å². The molecule has 1 fully saturated rings. The van der Waals surface area contributed by atoms with Crippen LogP contribution in [0.25, 0.3) is 0 Å². The summed E-state index contributed by atoms with van der Waals surface area (Å²) in [7, 11) is 0. The van der Waals surface area contributed by atoms with E-state index in [0.717, 1.165) is 68.0 Å². The molecular weight excluding hydrogens is 302 g/mol. The Kier molecular flexibility index (Phi) is 5.02. The molecule has 3 rings (SSSR count). The molecule has 6 nitrogen and oxygen atoms in total. The number of H-pyrrole nitrogens is 1. The topological polar surface area (TPSA) is 66.8 Å². The molecule has 0 spiro atoms. The highest BCUT2D eigenvalue weighted by Gasteiger charge is 2.28. The maximum absolute atomic E-state index is 13.1. The molecule has 2 aromatic heterocycles. The van der Waals surface area contributed by atoms with Crippen LogP contribution in [-0.4, -0.2) is 43.9 Å². The van der Waals surface area contributed by atoms with Gasteiger partial charge in [0.1, 0.15) is 0 Å². The predicted octanol–water partition coefficient (Wildman–Crippen LogP) is 2.73. The molecule has 6 heteroatoms. The number of nitrogens with one attached hydrogen (secondary N) is 1. The first kappa shape index (κ1) is 16.7. The Balaban J connectivity index is 1.72. The largest absolute Gasteiger partial charge is 0.338 e. The van der Waals surface area contributed by atoms with Crippen LogP contribution in [0.15, 0.2) is 12.3 Å². The van der Waals surface area contributed by atoms with E-state index >= 15 is 0 Å². The Morgan fingerprint density at radius 1 is 1.42 bits per heavy atom. The number of amides is 1. The van der Waals surface area contributed by atoms with Crippen molar-refractivity contribution >= 4 is 5.91 Å². The zero-order valence-corrected chi connectivity index (χ0v) is 14.9. The third-order valence-electron chi connectivity index (χ3n) is 4.90. The van der Waals surface area contributed by atoms with Gasteiger partial charge < -0.3 is 4.90 Å². The quantitative estimate of drug-likeness (QED) is 0.917. The van der Waals surface area contributed by atoms with Crippen molar-refractivity contribution in [3.05, 3.63) is 34.9 Å². The van der Waals surface area contributed by atoms with Crippen molar-refractivity contribution in [1.82, 2.24) is 24.9 Å². The van der Waals surface area contributed by atoms with E-state index in [0.29, 0.717) is 5.92 Å². The van der Waals surface area contributed by atoms with Gasteiger partial charge in [-0.25, -0.2) is 0 Å². The van der Waals surface area contributed by atoms with Crippen molar-refractivity contribution in [3.8, 4) is 0 Å². The summed E-state index contributed by atoms with van der Waals surface area (Å²) in [5.41, 5.74) is 3.79. The lowest BCUT2D eigenvalue weighted by Gasteiger charge is -2.32. The van der Waals surface area contributed by atoms with E-state index in [2.05, 4.69) is 22.2 Å². The molecular formula is C18H27N5O. The molecule has 0 bridgehead atoms. The third kappa shape index (κ3) is 3.37. The minimum absolute atomic E-state index is 0.140. The Morgan fingerprint density at radius 2 is 2.25 bits per heavy atom. The summed E-state index contributed by atoms with van der Waals surface area (Å²) < 4.78 is 1.97. The summed E-state index contributed by atoms with van der Waals surface area (Å²) in [5.74, 6) is 0.635. The lowest BCUT2D eigenvalue weighted by Crippen LogP contribution is -2.41. The van der Waals surface area contributed by atoms with E-state index < -0.39 is 0 Å². The highest BCUT2D eigenvalue weighted by Crippen LogP contribution is 2.23. The number of aromatic amines is 1. The van der Waals surface area contributed by atoms with Gasteiger partial charge in [0.15, 0.2) is 0 Å². The lowest BCUT2D eigenvalue weighted by molar-refractivity contribution is 0.0671. The van der Waals surface area contributed by atoms with Gasteiger partial charge in [-0.3, -0.25) is 14.6 Å². The second kappa shape index (κ2) is 7.20. The van der Waals surface area contributed by atoms with Crippen LogP contribution >= 0.6 is 0 Å². The number of carbonyl (C=O) groups excluding carboxylic acids is 1. The van der Waals surface area contributed by atoms with E-state index in [1.165, 1.54) is 0 Å². The molecule has 24 heavy (non-hydrogen) atoms. The molecule has 0 radical (unpaired) electrons. The molecule has 1 amide bonds. The van der Waals surface area contributed by atoms with Gasteiger partial charge in [-0.15, -0.1) is 0 Å². The Morgan fingerprint density at radius 3 is 2.96 bits per heavy atom. The minimum Gasteiger partial charge on any atom is -0.338 e. The van der Waals surface area contributed by atoms with Crippen LogP contribution in [0.2, 0.25) is 0 Å². The third-order valence-corrected chi connectivity index (χ3v) is 4.90. The zero-order chi connectivity index (χ0) is 17.1. The van der Waals surface area contributed by atoms with Crippen LogP contribution < -0.4 is 0 Å². The van der Waals surface area contributed by atoms with Gasteiger partial charge in [0.25, 0.3) is 5.91 Å². The summed E-state index contributed by atoms with van der Waals surface area (Å²) in [5, 5.41) is 11.6. The van der Waals surface area contributed by atoms with Gasteiger partial charge in [0, 0.05) is 37.2 Å². The summed E-state index contributed by atoms with van der Waals surface area (Å²) in [4.78, 5) is 15.1. The van der Waals surface area contributed by atoms with Gasteiger partial charge in [-0.1, -0.05) is 6.92 Å². The zero-order valence-electron chi connectivity index (χ0n) is 14.9. The summed E-state index contributed by atoms with van der Waals surface area (Å²) in [6.45, 7) is 8.60. The molecule has 1 aliphatic rings. The molecule has 2 aromatic rings. The number of aromatic nitrogens is 4. The van der Waals surface area contributed by atoms with Crippen molar-refractivity contribution < 1.29 is 4.79 Å². The number of hydrogen-bond donors (Lipinski definition) is 1. The van der Waals surface area contributed by atoms with E-state index in [1.54, 1.807) is 6.20 Å². The summed E-state index contributed by atoms with van der Waals surface area (Å²) in [6.07, 6.45) is 5.99. The number of nitrogens with zero attached hydrogens (tertiary/aromatic N) is 4. The molecule has 1 saturated heterocycles. The fourth-order valence-corrected chi connectivity index (χ4v) is 3.72. The summed E-state index contributed by atoms with van der Waals surface area (Å²) >= 11 is 0. The van der Waals surface area contributed by atoms with Crippen molar-refractivity contribution in [2.75, 3.05) is 13.1 Å². The van der Waals surface area contributed by atoms with Crippen molar-refractivity contribution in [2.45, 2.75) is 53.0 Å². The van der Waals surface area contributed by atoms with Crippen molar-refractivity contribution in [1.29, 1.82) is 0 Å². The SMILES string of the molecule is CCCn1nc(C)c(C(=O)N2CCCC(Cc3ccn[nH]3)C2)c1C. The van der Waals surface area contributed by atoms with Gasteiger partial charge in [0.05, 0.1) is 11.3 Å². The molecule has 0 aromatic carbocycles. The van der Waals surface area contributed by atoms with Gasteiger partial charge >= 0.3 is 0 Å². The van der Waals surface area contributed by atoms with Crippen LogP contribution in [-0.2, 0) is 13.0 Å². The molecule has 0 aliphatic carbocycles. The highest BCUT2D eigenvalue weighted by atomic mass is 16.2. The molecule has 1 N–H and O–H groups in total. The fraction of sp³-hybridized carbons (Fsp3) is 0.611. The van der Waals surface area contributed by atoms with E-state index in [9.17, 15) is 4.79 Å². The van der Waals surface area contributed by atoms with Crippen LogP contribution in [0.1, 0.15) is 53.6 Å². The normalized spacial score (nSPS) is 18.1. The first-order chi connectivity index (χ1) is 11.6. The Labute approximate surface area is 143 Å². The monoisotopic (exact) mass is 329 g/mol. The molecule has 0 saturated carbocycles. The molecule has 130 valence electrons. The maximum Gasteiger partial charge on any atom is 0.257 e. The predicted molar refractivity (Wildman–Crippen MR) is 92.9 cm³/mol. The molecule has 1 aliphatic heterocycles. The average molecular weight is 329 g/mol. The van der Waals surface area contributed by atoms with Gasteiger partial charge in [-0.05, 0) is 51.5 Å². The minimum atomic E-state index is 0.140. The summed E-state index contributed by atoms with van der Waals surface area (Å²) in [6, 6.07) is 2.02. The Bertz CT molecular complexity index is 689. The van der Waals surface area contributed by atoms with E-state index in [1.807, 2.05) is 29.5 Å². The van der Waals surface area contributed by atoms with E-state index in [4.69, 9.17) is 0 Å². The second-order valence-electron chi connectivity index (χ2n) is 6.81. The first-order valence-corrected chi connectivity index (χ1v) is 8.91. The number of piperidine rings is 1. The highest BCUT2D eigenvalue weighted by molar-refractivity contribution is 5.96. The lowest BCUT2D eigenvalue weighted by atomic mass is 9.93. The second-order valence-corrected chi connectivity index (χ2v) is 6.81. The van der Waals surface area contributed by atoms with Crippen LogP contribution in [0.4, 0.5) is 0 Å². The number of aryl methyl sites for hydroxylation is 2. The van der Waals surface area contributed by atoms with E-state index in [-0.39, 0.29) is 5.91 Å². The maximum atomic E-state index is 13.1.